The van der Waals surface area contributed by atoms with Crippen molar-refractivity contribution in [2.75, 3.05) is 0 Å². The second kappa shape index (κ2) is 12.6. The van der Waals surface area contributed by atoms with Crippen molar-refractivity contribution in [2.24, 2.45) is 0 Å². The van der Waals surface area contributed by atoms with Crippen molar-refractivity contribution in [3.8, 4) is 22.3 Å². The van der Waals surface area contributed by atoms with Crippen LogP contribution in [0.4, 0.5) is 0 Å². The van der Waals surface area contributed by atoms with E-state index in [2.05, 4.69) is 138 Å². The molecule has 0 saturated carbocycles. The van der Waals surface area contributed by atoms with Gasteiger partial charge in [-0.3, -0.25) is 0 Å². The molecule has 4 aromatic rings. The molecule has 4 aromatic carbocycles. The van der Waals surface area contributed by atoms with Crippen LogP contribution in [0.25, 0.3) is 34.4 Å². The van der Waals surface area contributed by atoms with E-state index in [0.29, 0.717) is 7.25 Å². The van der Waals surface area contributed by atoms with Crippen LogP contribution in [0.15, 0.2) is 96.1 Å². The van der Waals surface area contributed by atoms with E-state index in [1.807, 2.05) is 0 Å². The van der Waals surface area contributed by atoms with Crippen molar-refractivity contribution in [1.29, 1.82) is 0 Å². The summed E-state index contributed by atoms with van der Waals surface area (Å²) in [7, 11) is 0. The molecule has 0 amide bonds. The van der Waals surface area contributed by atoms with E-state index in [-0.39, 0.29) is 0 Å². The Morgan fingerprint density at radius 3 is 1.33 bits per heavy atom. The SMILES string of the molecule is CCCC1=Cc2c(-c3ccccc3C)cccc2[CH]1[Zr]([CH]1C(CCC)=Cc2c(-c3ccccc3C)cccc21)[SiH](C)C. The summed E-state index contributed by atoms with van der Waals surface area (Å²) in [6.07, 6.45) is 10.2. The van der Waals surface area contributed by atoms with E-state index in [1.54, 1.807) is 22.3 Å². The molecule has 0 heterocycles. The minimum absolute atomic E-state index is 0.691. The third-order valence-corrected chi connectivity index (χ3v) is 31.3. The molecule has 2 aliphatic carbocycles. The number of rotatable bonds is 9. The number of allylic oxidation sites excluding steroid dienone is 2. The normalized spacial score (nSPS) is 17.2. The molecule has 0 saturated heterocycles. The molecule has 0 aliphatic heterocycles. The van der Waals surface area contributed by atoms with Crippen LogP contribution < -0.4 is 0 Å². The van der Waals surface area contributed by atoms with Crippen molar-refractivity contribution in [2.45, 2.75) is 73.7 Å². The molecule has 0 bridgehead atoms. The monoisotopic (exact) mass is 643 g/mol. The Labute approximate surface area is 262 Å². The van der Waals surface area contributed by atoms with Crippen LogP contribution >= 0.6 is 0 Å². The van der Waals surface area contributed by atoms with Gasteiger partial charge in [-0.15, -0.1) is 0 Å². The first-order chi connectivity index (χ1) is 20.4. The van der Waals surface area contributed by atoms with E-state index in [1.165, 1.54) is 70.2 Å². The van der Waals surface area contributed by atoms with Crippen LogP contribution in [-0.4, -0.2) is 5.92 Å². The summed E-state index contributed by atoms with van der Waals surface area (Å²) >= 11 is -2.13. The van der Waals surface area contributed by atoms with Gasteiger partial charge in [-0.2, -0.15) is 0 Å². The molecule has 0 aromatic heterocycles. The van der Waals surface area contributed by atoms with E-state index < -0.39 is 26.8 Å². The molecule has 2 heteroatoms. The van der Waals surface area contributed by atoms with Crippen molar-refractivity contribution in [3.05, 3.63) is 129 Å². The summed E-state index contributed by atoms with van der Waals surface area (Å²) in [5.74, 6) is -0.920. The minimum atomic E-state index is -2.13. The molecule has 213 valence electrons. The molecule has 2 aliphatic rings. The summed E-state index contributed by atoms with van der Waals surface area (Å²) in [6, 6.07) is 32.4. The standard InChI is InChI=1S/2C19H19.C2H7Si.Zr/c2*1-3-7-15-12-16-9-6-11-18(19(16)13-15)17-10-5-4-8-14(17)2;1-3-2;/h2*4-6,8-13H,3,7H2,1-2H3;3H,1-2H3;. The number of aryl methyl sites for hydroxylation is 2. The van der Waals surface area contributed by atoms with Crippen molar-refractivity contribution >= 4 is 18.1 Å². The van der Waals surface area contributed by atoms with Crippen LogP contribution in [-0.2, 0) is 20.9 Å². The van der Waals surface area contributed by atoms with Gasteiger partial charge < -0.3 is 0 Å². The van der Waals surface area contributed by atoms with Crippen molar-refractivity contribution in [3.63, 3.8) is 0 Å². The molecule has 0 radical (unpaired) electrons. The van der Waals surface area contributed by atoms with Crippen LogP contribution in [0.1, 0.15) is 80.2 Å². The van der Waals surface area contributed by atoms with E-state index in [0.717, 1.165) is 0 Å². The fourth-order valence-corrected chi connectivity index (χ4v) is 30.6. The van der Waals surface area contributed by atoms with E-state index in [9.17, 15) is 0 Å². The zero-order chi connectivity index (χ0) is 29.4. The van der Waals surface area contributed by atoms with E-state index in [4.69, 9.17) is 0 Å². The molecule has 0 fully saturated rings. The summed E-state index contributed by atoms with van der Waals surface area (Å²) in [5, 5.41) is 0. The molecule has 0 N–H and O–H groups in total. The fourth-order valence-electron chi connectivity index (χ4n) is 7.78. The van der Waals surface area contributed by atoms with Crippen molar-refractivity contribution < 1.29 is 20.9 Å². The number of hydrogen-bond donors (Lipinski definition) is 0. The van der Waals surface area contributed by atoms with Crippen LogP contribution in [0.5, 0.6) is 0 Å². The predicted octanol–water partition coefficient (Wildman–Crippen LogP) is 11.4. The topological polar surface area (TPSA) is 0 Å². The zero-order valence-corrected chi connectivity index (χ0v) is 29.9. The van der Waals surface area contributed by atoms with Gasteiger partial charge in [-0.05, 0) is 0 Å². The van der Waals surface area contributed by atoms with Crippen LogP contribution in [0.3, 0.4) is 0 Å². The third-order valence-electron chi connectivity index (χ3n) is 9.58. The third kappa shape index (κ3) is 5.24. The summed E-state index contributed by atoms with van der Waals surface area (Å²) < 4.78 is 1.38. The van der Waals surface area contributed by atoms with Crippen LogP contribution in [0.2, 0.25) is 13.1 Å². The second-order valence-corrected chi connectivity index (χ2v) is 32.8. The summed E-state index contributed by atoms with van der Waals surface area (Å²) in [6.45, 7) is 14.7. The van der Waals surface area contributed by atoms with Gasteiger partial charge in [0.05, 0.1) is 0 Å². The molecule has 42 heavy (non-hydrogen) atoms. The first-order valence-electron chi connectivity index (χ1n) is 16.1. The molecule has 2 unspecified atom stereocenters. The van der Waals surface area contributed by atoms with Gasteiger partial charge in [0.15, 0.2) is 0 Å². The number of fused-ring (bicyclic) bond motifs is 2. The summed E-state index contributed by atoms with van der Waals surface area (Å²) in [4.78, 5) is 0. The number of benzene rings is 4. The van der Waals surface area contributed by atoms with E-state index >= 15 is 0 Å². The maximum absolute atomic E-state index is 2.70. The Morgan fingerprint density at radius 2 is 0.952 bits per heavy atom. The average molecular weight is 645 g/mol. The molecule has 2 atom stereocenters. The van der Waals surface area contributed by atoms with Gasteiger partial charge >= 0.3 is 264 Å². The Balaban J connectivity index is 1.53. The second-order valence-electron chi connectivity index (χ2n) is 12.7. The van der Waals surface area contributed by atoms with Gasteiger partial charge in [0.25, 0.3) is 0 Å². The predicted molar refractivity (Wildman–Crippen MR) is 183 cm³/mol. The molecule has 0 spiro atoms. The fraction of sp³-hybridized carbons (Fsp3) is 0.300. The maximum atomic E-state index is 2.70. The van der Waals surface area contributed by atoms with Gasteiger partial charge in [0.1, 0.15) is 0 Å². The van der Waals surface area contributed by atoms with Gasteiger partial charge in [0.2, 0.25) is 0 Å². The molecular weight excluding hydrogens is 600 g/mol. The van der Waals surface area contributed by atoms with Gasteiger partial charge in [-0.25, -0.2) is 0 Å². The summed E-state index contributed by atoms with van der Waals surface area (Å²) in [5.41, 5.74) is 18.3. The van der Waals surface area contributed by atoms with Crippen LogP contribution in [0, 0.1) is 13.8 Å². The number of hydrogen-bond acceptors (Lipinski definition) is 0. The first kappa shape index (κ1) is 29.5. The molecule has 6 rings (SSSR count). The van der Waals surface area contributed by atoms with Gasteiger partial charge in [-0.1, -0.05) is 0 Å². The van der Waals surface area contributed by atoms with Gasteiger partial charge in [0, 0.05) is 0 Å². The Kier molecular flexibility index (Phi) is 8.85. The quantitative estimate of drug-likeness (QED) is 0.159. The first-order valence-corrected chi connectivity index (χ1v) is 26.1. The zero-order valence-electron chi connectivity index (χ0n) is 26.3. The molecular formula is C40H45SiZr. The average Bonchev–Trinajstić information content (AvgIpc) is 3.53. The van der Waals surface area contributed by atoms with Crippen molar-refractivity contribution in [1.82, 2.24) is 0 Å². The molecule has 0 nitrogen and oxygen atoms in total. The Hall–Kier alpha value is -2.54. The Morgan fingerprint density at radius 1 is 0.548 bits per heavy atom. The Bertz CT molecular complexity index is 1550.